The van der Waals surface area contributed by atoms with Crippen LogP contribution in [0, 0.1) is 0 Å². The van der Waals surface area contributed by atoms with Crippen LogP contribution in [0.1, 0.15) is 20.3 Å². The van der Waals surface area contributed by atoms with Crippen LogP contribution in [0.3, 0.4) is 0 Å². The quantitative estimate of drug-likeness (QED) is 0.223. The van der Waals surface area contributed by atoms with E-state index in [1.165, 1.54) is 12.1 Å². The summed E-state index contributed by atoms with van der Waals surface area (Å²) in [7, 11) is 0. The van der Waals surface area contributed by atoms with Crippen molar-refractivity contribution in [1.82, 2.24) is 9.38 Å². The highest BCUT2D eigenvalue weighted by atomic mass is 16.5. The molecule has 2 N–H and O–H groups in total. The van der Waals surface area contributed by atoms with Crippen LogP contribution in [0.25, 0.3) is 27.3 Å². The van der Waals surface area contributed by atoms with Crippen molar-refractivity contribution in [2.75, 3.05) is 31.5 Å². The predicted octanol–water partition coefficient (Wildman–Crippen LogP) is 2.56. The van der Waals surface area contributed by atoms with Crippen LogP contribution in [0.5, 0.6) is 5.75 Å². The van der Waals surface area contributed by atoms with E-state index in [9.17, 15) is 15.1 Å². The lowest BCUT2D eigenvalue weighted by molar-refractivity contribution is -1.10. The predicted molar refractivity (Wildman–Crippen MR) is 108 cm³/mol. The fraction of sp³-hybridized carbons (Fsp3) is 0.333. The Morgan fingerprint density at radius 2 is 2.00 bits per heavy atom. The zero-order chi connectivity index (χ0) is 19.9. The molecule has 0 spiro atoms. The van der Waals surface area contributed by atoms with Crippen LogP contribution >= 0.6 is 0 Å². The third-order valence-electron chi connectivity index (χ3n) is 5.65. The van der Waals surface area contributed by atoms with Crippen LogP contribution in [0.2, 0.25) is 0 Å². The van der Waals surface area contributed by atoms with Crippen molar-refractivity contribution in [3.63, 3.8) is 0 Å². The molecule has 0 saturated heterocycles. The lowest BCUT2D eigenvalue weighted by atomic mass is 10.1. The Morgan fingerprint density at radius 3 is 2.75 bits per heavy atom. The third kappa shape index (κ3) is 2.93. The molecule has 4 aromatic rings. The average molecular weight is 380 g/mol. The molecule has 0 aliphatic carbocycles. The molecule has 4 rings (SSSR count). The summed E-state index contributed by atoms with van der Waals surface area (Å²) in [5.41, 5.74) is 2.75. The Morgan fingerprint density at radius 1 is 1.21 bits per heavy atom. The molecular formula is C21H24N4O3. The van der Waals surface area contributed by atoms with Gasteiger partial charge in [0.2, 0.25) is 0 Å². The first-order valence-electron chi connectivity index (χ1n) is 9.66. The highest BCUT2D eigenvalue weighted by Crippen LogP contribution is 2.29. The fourth-order valence-corrected chi connectivity index (χ4v) is 3.84. The molecule has 7 nitrogen and oxygen atoms in total. The van der Waals surface area contributed by atoms with E-state index in [0.717, 1.165) is 23.1 Å². The second kappa shape index (κ2) is 6.92. The van der Waals surface area contributed by atoms with E-state index in [2.05, 4.69) is 10.3 Å². The van der Waals surface area contributed by atoms with Crippen molar-refractivity contribution in [3.05, 3.63) is 46.9 Å². The maximum atomic E-state index is 13.2. The van der Waals surface area contributed by atoms with E-state index >= 15 is 0 Å². The molecule has 0 aliphatic rings. The molecule has 0 saturated carbocycles. The summed E-state index contributed by atoms with van der Waals surface area (Å²) in [6.07, 6.45) is 2.46. The SMILES string of the molecule is CC[N+](O)(CC)CCCNc1ccc2ncn3c4ccc([O-])cc4c(=O)c1c23. The Kier molecular flexibility index (Phi) is 4.56. The lowest BCUT2D eigenvalue weighted by Gasteiger charge is -2.27. The van der Waals surface area contributed by atoms with Crippen molar-refractivity contribution in [2.24, 2.45) is 0 Å². The van der Waals surface area contributed by atoms with Crippen LogP contribution in [-0.2, 0) is 0 Å². The summed E-state index contributed by atoms with van der Waals surface area (Å²) in [5.74, 6) is -0.187. The van der Waals surface area contributed by atoms with Crippen LogP contribution in [0.4, 0.5) is 5.69 Å². The van der Waals surface area contributed by atoms with Crippen molar-refractivity contribution >= 4 is 33.0 Å². The minimum Gasteiger partial charge on any atom is -0.872 e. The molecule has 0 unspecified atom stereocenters. The number of hydroxylamine groups is 3. The number of hydrogen-bond acceptors (Lipinski definition) is 5. The number of pyridine rings is 1. The second-order valence-electron chi connectivity index (χ2n) is 7.21. The highest BCUT2D eigenvalue weighted by Gasteiger charge is 2.20. The number of quaternary nitrogens is 1. The van der Waals surface area contributed by atoms with Gasteiger partial charge in [-0.3, -0.25) is 9.20 Å². The van der Waals surface area contributed by atoms with Gasteiger partial charge < -0.3 is 10.4 Å². The number of nitrogens with zero attached hydrogens (tertiary/aromatic N) is 3. The molecule has 2 aromatic heterocycles. The number of fused-ring (bicyclic) bond motifs is 2. The molecule has 7 heteroatoms. The van der Waals surface area contributed by atoms with Crippen molar-refractivity contribution in [1.29, 1.82) is 0 Å². The standard InChI is InChI=1S/C21H24N4O3/c1-3-25(28,4-2)11-5-10-22-16-7-8-17-20-19(16)21(27)15-12-14(26)6-9-18(15)24(20)13-23-17/h6-9,12-13,28H,3-5,10-11H2,1-2H3,(H-,22,26,27). The summed E-state index contributed by atoms with van der Waals surface area (Å²) in [4.78, 5) is 17.6. The number of rotatable bonds is 7. The summed E-state index contributed by atoms with van der Waals surface area (Å²) in [6, 6.07) is 8.28. The van der Waals surface area contributed by atoms with Gasteiger partial charge in [-0.1, -0.05) is 12.1 Å². The summed E-state index contributed by atoms with van der Waals surface area (Å²) < 4.78 is 1.91. The molecule has 0 radical (unpaired) electrons. The van der Waals surface area contributed by atoms with Crippen molar-refractivity contribution in [2.45, 2.75) is 20.3 Å². The molecule has 0 bridgehead atoms. The van der Waals surface area contributed by atoms with Gasteiger partial charge in [0.25, 0.3) is 0 Å². The summed E-state index contributed by atoms with van der Waals surface area (Å²) in [5, 5.41) is 26.5. The van der Waals surface area contributed by atoms with Crippen molar-refractivity contribution < 1.29 is 15.0 Å². The second-order valence-corrected chi connectivity index (χ2v) is 7.21. The maximum Gasteiger partial charge on any atom is 0.199 e. The Hall–Kier alpha value is -2.90. The van der Waals surface area contributed by atoms with Gasteiger partial charge in [-0.25, -0.2) is 10.2 Å². The average Bonchev–Trinajstić information content (AvgIpc) is 3.14. The number of benzene rings is 2. The normalized spacial score (nSPS) is 12.4. The van der Waals surface area contributed by atoms with E-state index in [1.807, 2.05) is 30.4 Å². The largest absolute Gasteiger partial charge is 0.872 e. The number of imidazole rings is 1. The summed E-state index contributed by atoms with van der Waals surface area (Å²) >= 11 is 0. The van der Waals surface area contributed by atoms with Crippen LogP contribution < -0.4 is 15.9 Å². The van der Waals surface area contributed by atoms with Gasteiger partial charge in [0.05, 0.1) is 21.9 Å². The smallest absolute Gasteiger partial charge is 0.199 e. The van der Waals surface area contributed by atoms with Crippen LogP contribution in [-0.4, -0.2) is 45.4 Å². The van der Waals surface area contributed by atoms with Crippen LogP contribution in [0.15, 0.2) is 41.5 Å². The van der Waals surface area contributed by atoms with Gasteiger partial charge in [-0.05, 0) is 32.0 Å². The van der Waals surface area contributed by atoms with Gasteiger partial charge in [0, 0.05) is 24.0 Å². The zero-order valence-electron chi connectivity index (χ0n) is 16.1. The first kappa shape index (κ1) is 18.5. The summed E-state index contributed by atoms with van der Waals surface area (Å²) in [6.45, 7) is 6.55. The number of anilines is 1. The first-order chi connectivity index (χ1) is 13.5. The maximum absolute atomic E-state index is 13.2. The molecule has 0 fully saturated rings. The first-order valence-corrected chi connectivity index (χ1v) is 9.66. The minimum atomic E-state index is -0.187. The van der Waals surface area contributed by atoms with E-state index < -0.39 is 0 Å². The molecule has 28 heavy (non-hydrogen) atoms. The topological polar surface area (TPSA) is 89.7 Å². The van der Waals surface area contributed by atoms with Gasteiger partial charge in [-0.2, -0.15) is 4.65 Å². The molecule has 146 valence electrons. The van der Waals surface area contributed by atoms with Gasteiger partial charge in [-0.15, -0.1) is 5.75 Å². The molecule has 0 atom stereocenters. The molecule has 2 aromatic carbocycles. The Balaban J connectivity index is 1.74. The fourth-order valence-electron chi connectivity index (χ4n) is 3.84. The zero-order valence-corrected chi connectivity index (χ0v) is 16.1. The van der Waals surface area contributed by atoms with E-state index in [4.69, 9.17) is 0 Å². The monoisotopic (exact) mass is 380 g/mol. The number of aromatic nitrogens is 2. The number of nitrogens with one attached hydrogen (secondary N) is 1. The number of hydrogen-bond donors (Lipinski definition) is 2. The highest BCUT2D eigenvalue weighted by molar-refractivity contribution is 6.07. The molecule has 0 amide bonds. The van der Waals surface area contributed by atoms with Crippen molar-refractivity contribution in [3.8, 4) is 5.75 Å². The van der Waals surface area contributed by atoms with Gasteiger partial charge in [0.1, 0.15) is 26.0 Å². The third-order valence-corrected chi connectivity index (χ3v) is 5.65. The molecule has 2 heterocycles. The van der Waals surface area contributed by atoms with E-state index in [-0.39, 0.29) is 15.8 Å². The van der Waals surface area contributed by atoms with E-state index in [0.29, 0.717) is 42.5 Å². The minimum absolute atomic E-state index is 0.0406. The lowest BCUT2D eigenvalue weighted by Crippen LogP contribution is -2.45. The Labute approximate surface area is 162 Å². The molecule has 0 aliphatic heterocycles. The molecular weight excluding hydrogens is 356 g/mol. The van der Waals surface area contributed by atoms with Gasteiger partial charge >= 0.3 is 0 Å². The van der Waals surface area contributed by atoms with Gasteiger partial charge in [0.15, 0.2) is 5.43 Å². The Bertz CT molecular complexity index is 1200. The van der Waals surface area contributed by atoms with E-state index in [1.54, 1.807) is 12.4 Å².